The summed E-state index contributed by atoms with van der Waals surface area (Å²) in [5.74, 6) is -0.537. The van der Waals surface area contributed by atoms with Crippen molar-refractivity contribution >= 4 is 17.9 Å². The molecule has 11 nitrogen and oxygen atoms in total. The number of carbonyl (C=O) groups excluding carboxylic acids is 2. The van der Waals surface area contributed by atoms with Crippen LogP contribution in [0.4, 0.5) is 4.79 Å². The fourth-order valence-corrected chi connectivity index (χ4v) is 3.49. The number of carbonyl (C=O) groups is 3. The van der Waals surface area contributed by atoms with Gasteiger partial charge in [0.05, 0.1) is 19.2 Å². The van der Waals surface area contributed by atoms with Gasteiger partial charge < -0.3 is 29.7 Å². The molecule has 1 spiro atoms. The molecule has 0 radical (unpaired) electrons. The Morgan fingerprint density at radius 2 is 2.28 bits per heavy atom. The maximum absolute atomic E-state index is 12.7. The summed E-state index contributed by atoms with van der Waals surface area (Å²) in [5, 5.41) is 27.9. The Morgan fingerprint density at radius 3 is 2.84 bits per heavy atom. The molecule has 3 rings (SSSR count). The largest absolute Gasteiger partial charge is 0.465 e. The van der Waals surface area contributed by atoms with Gasteiger partial charge in [-0.15, -0.1) is 10.2 Å². The summed E-state index contributed by atoms with van der Waals surface area (Å²) in [5.41, 5.74) is -0.982. The third-order valence-electron chi connectivity index (χ3n) is 4.65. The Kier molecular flexibility index (Phi) is 4.33. The Hall–Kier alpha value is -2.69. The molecule has 3 N–H and O–H groups in total. The van der Waals surface area contributed by atoms with E-state index in [2.05, 4.69) is 10.2 Å². The summed E-state index contributed by atoms with van der Waals surface area (Å²) in [6.07, 6.45) is -0.328. The summed E-state index contributed by atoms with van der Waals surface area (Å²) in [6, 6.07) is -1.31. The van der Waals surface area contributed by atoms with Crippen molar-refractivity contribution in [3.8, 4) is 0 Å². The highest BCUT2D eigenvalue weighted by Gasteiger charge is 2.60. The molecule has 136 valence electrons. The fraction of sp³-hybridized carbons (Fsp3) is 0.643. The first-order valence-electron chi connectivity index (χ1n) is 7.88. The molecule has 0 aliphatic carbocycles. The third-order valence-corrected chi connectivity index (χ3v) is 4.65. The van der Waals surface area contributed by atoms with Crippen LogP contribution in [-0.2, 0) is 16.1 Å². The molecule has 2 fully saturated rings. The Balaban J connectivity index is 1.73. The van der Waals surface area contributed by atoms with Gasteiger partial charge in [0.15, 0.2) is 0 Å². The summed E-state index contributed by atoms with van der Waals surface area (Å²) in [7, 11) is 0. The predicted octanol–water partition coefficient (Wildman–Crippen LogP) is -1.21. The van der Waals surface area contributed by atoms with Crippen molar-refractivity contribution in [1.82, 2.24) is 25.3 Å². The van der Waals surface area contributed by atoms with Crippen LogP contribution in [-0.4, -0.2) is 78.9 Å². The summed E-state index contributed by atoms with van der Waals surface area (Å²) < 4.78 is 5.02. The Morgan fingerprint density at radius 1 is 1.52 bits per heavy atom. The molecular formula is C14H19N5O6. The van der Waals surface area contributed by atoms with Crippen LogP contribution in [0, 0.1) is 0 Å². The van der Waals surface area contributed by atoms with Crippen molar-refractivity contribution in [2.24, 2.45) is 0 Å². The van der Waals surface area contributed by atoms with E-state index in [1.807, 2.05) is 5.32 Å². The minimum absolute atomic E-state index is 0.163. The summed E-state index contributed by atoms with van der Waals surface area (Å²) >= 11 is 0. The SMILES string of the molecule is C[C@@H](O)[C@H](NC(=O)O)C(=O)N1CCCC12CN(Cc1nnco1)C2=O. The first kappa shape index (κ1) is 17.1. The highest BCUT2D eigenvalue weighted by Crippen LogP contribution is 2.40. The van der Waals surface area contributed by atoms with Gasteiger partial charge in [0.2, 0.25) is 18.2 Å². The Labute approximate surface area is 142 Å². The normalized spacial score (nSPS) is 25.0. The molecule has 0 aromatic carbocycles. The fourth-order valence-electron chi connectivity index (χ4n) is 3.49. The molecule has 1 aromatic heterocycles. The number of carboxylic acid groups (broad SMARTS) is 1. The van der Waals surface area contributed by atoms with Gasteiger partial charge in [-0.3, -0.25) is 9.59 Å². The number of hydrogen-bond acceptors (Lipinski definition) is 7. The molecule has 1 aromatic rings. The van der Waals surface area contributed by atoms with Crippen LogP contribution < -0.4 is 5.32 Å². The van der Waals surface area contributed by atoms with Gasteiger partial charge in [-0.1, -0.05) is 0 Å². The van der Waals surface area contributed by atoms with Gasteiger partial charge >= 0.3 is 6.09 Å². The number of nitrogens with zero attached hydrogens (tertiary/aromatic N) is 4. The van der Waals surface area contributed by atoms with Crippen LogP contribution in [0.15, 0.2) is 10.8 Å². The average molecular weight is 353 g/mol. The van der Waals surface area contributed by atoms with Crippen LogP contribution in [0.25, 0.3) is 0 Å². The summed E-state index contributed by atoms with van der Waals surface area (Å²) in [4.78, 5) is 39.2. The highest BCUT2D eigenvalue weighted by molar-refractivity contribution is 5.98. The zero-order valence-electron chi connectivity index (χ0n) is 13.6. The van der Waals surface area contributed by atoms with Crippen LogP contribution in [0.1, 0.15) is 25.7 Å². The first-order chi connectivity index (χ1) is 11.8. The second-order valence-electron chi connectivity index (χ2n) is 6.29. The molecule has 1 unspecified atom stereocenters. The molecule has 3 amide bonds. The van der Waals surface area contributed by atoms with Crippen LogP contribution in [0.2, 0.25) is 0 Å². The van der Waals surface area contributed by atoms with Gasteiger partial charge in [0.25, 0.3) is 5.91 Å². The van der Waals surface area contributed by atoms with E-state index in [9.17, 15) is 19.5 Å². The number of β-lactam (4-membered cyclic amide) rings is 1. The molecule has 0 bridgehead atoms. The number of aromatic nitrogens is 2. The van der Waals surface area contributed by atoms with Gasteiger partial charge in [0, 0.05) is 6.54 Å². The first-order valence-corrected chi connectivity index (χ1v) is 7.88. The minimum atomic E-state index is -1.41. The summed E-state index contributed by atoms with van der Waals surface area (Å²) in [6.45, 7) is 2.13. The highest BCUT2D eigenvalue weighted by atomic mass is 16.4. The van der Waals surface area contributed by atoms with E-state index in [0.717, 1.165) is 0 Å². The van der Waals surface area contributed by atoms with Crippen molar-refractivity contribution in [3.63, 3.8) is 0 Å². The van der Waals surface area contributed by atoms with E-state index in [1.165, 1.54) is 23.1 Å². The molecule has 0 saturated carbocycles. The molecule has 25 heavy (non-hydrogen) atoms. The van der Waals surface area contributed by atoms with Crippen molar-refractivity contribution in [2.75, 3.05) is 13.1 Å². The van der Waals surface area contributed by atoms with Crippen LogP contribution in [0.5, 0.6) is 0 Å². The second kappa shape index (κ2) is 6.31. The topological polar surface area (TPSA) is 149 Å². The Bertz CT molecular complexity index is 677. The molecular weight excluding hydrogens is 334 g/mol. The molecule has 3 atom stereocenters. The molecule has 11 heteroatoms. The van der Waals surface area contributed by atoms with E-state index < -0.39 is 29.7 Å². The van der Waals surface area contributed by atoms with Crippen molar-refractivity contribution < 1.29 is 29.0 Å². The van der Waals surface area contributed by atoms with Gasteiger partial charge in [-0.2, -0.15) is 0 Å². The molecule has 2 saturated heterocycles. The second-order valence-corrected chi connectivity index (χ2v) is 6.29. The maximum Gasteiger partial charge on any atom is 0.405 e. The van der Waals surface area contributed by atoms with Crippen molar-refractivity contribution in [2.45, 2.75) is 44.0 Å². The number of aliphatic hydroxyl groups is 1. The third kappa shape index (κ3) is 2.90. The van der Waals surface area contributed by atoms with Crippen LogP contribution >= 0.6 is 0 Å². The molecule has 2 aliphatic rings. The zero-order valence-corrected chi connectivity index (χ0v) is 13.6. The van der Waals surface area contributed by atoms with E-state index >= 15 is 0 Å². The lowest BCUT2D eigenvalue weighted by atomic mass is 9.85. The number of rotatable bonds is 5. The lowest BCUT2D eigenvalue weighted by molar-refractivity contribution is -0.170. The maximum atomic E-state index is 12.7. The van der Waals surface area contributed by atoms with E-state index in [1.54, 1.807) is 0 Å². The number of aliphatic hydroxyl groups excluding tert-OH is 1. The zero-order chi connectivity index (χ0) is 18.2. The number of amides is 3. The number of hydrogen-bond donors (Lipinski definition) is 3. The number of likely N-dealkylation sites (tertiary alicyclic amines) is 2. The van der Waals surface area contributed by atoms with Crippen molar-refractivity contribution in [1.29, 1.82) is 0 Å². The lowest BCUT2D eigenvalue weighted by Crippen LogP contribution is -2.74. The monoisotopic (exact) mass is 353 g/mol. The van der Waals surface area contributed by atoms with Gasteiger partial charge in [-0.25, -0.2) is 4.79 Å². The van der Waals surface area contributed by atoms with E-state index in [4.69, 9.17) is 9.52 Å². The predicted molar refractivity (Wildman–Crippen MR) is 80.0 cm³/mol. The average Bonchev–Trinajstić information content (AvgIpc) is 3.21. The van der Waals surface area contributed by atoms with Gasteiger partial charge in [0.1, 0.15) is 11.6 Å². The van der Waals surface area contributed by atoms with E-state index in [0.29, 0.717) is 31.8 Å². The van der Waals surface area contributed by atoms with Crippen molar-refractivity contribution in [3.05, 3.63) is 12.3 Å². The molecule has 3 heterocycles. The van der Waals surface area contributed by atoms with E-state index in [-0.39, 0.29) is 12.5 Å². The van der Waals surface area contributed by atoms with Crippen LogP contribution in [0.3, 0.4) is 0 Å². The minimum Gasteiger partial charge on any atom is -0.465 e. The standard InChI is InChI=1S/C14H19N5O6/c1-8(20)10(16-13(23)24)11(21)19-4-2-3-14(19)6-18(12(14)22)5-9-17-15-7-25-9/h7-8,10,16,20H,2-6H2,1H3,(H,23,24)/t8-,10+,14?/m1/s1. The number of nitrogens with one attached hydrogen (secondary N) is 1. The molecule has 2 aliphatic heterocycles. The smallest absolute Gasteiger partial charge is 0.405 e. The lowest BCUT2D eigenvalue weighted by Gasteiger charge is -2.51. The van der Waals surface area contributed by atoms with Gasteiger partial charge in [-0.05, 0) is 19.8 Å². The quantitative estimate of drug-likeness (QED) is 0.558.